The number of anilines is 1. The number of halogens is 1. The van der Waals surface area contributed by atoms with Crippen LogP contribution >= 0.6 is 11.6 Å². The van der Waals surface area contributed by atoms with E-state index in [0.29, 0.717) is 17.1 Å². The Kier molecular flexibility index (Phi) is 4.89. The minimum Gasteiger partial charge on any atom is -0.307 e. The predicted octanol–water partition coefficient (Wildman–Crippen LogP) is 6.54. The summed E-state index contributed by atoms with van der Waals surface area (Å²) in [5.41, 5.74) is 4.11. The fourth-order valence-electron chi connectivity index (χ4n) is 5.78. The van der Waals surface area contributed by atoms with Gasteiger partial charge in [-0.3, -0.25) is 9.59 Å². The molecule has 1 amide bonds. The lowest BCUT2D eigenvalue weighted by Crippen LogP contribution is -2.49. The molecule has 2 aliphatic rings. The molecule has 0 radical (unpaired) electrons. The molecule has 0 N–H and O–H groups in total. The predicted molar refractivity (Wildman–Crippen MR) is 134 cm³/mol. The van der Waals surface area contributed by atoms with Crippen LogP contribution in [0.2, 0.25) is 5.02 Å². The van der Waals surface area contributed by atoms with Crippen molar-refractivity contribution in [1.82, 2.24) is 0 Å². The van der Waals surface area contributed by atoms with Crippen molar-refractivity contribution in [3.05, 3.63) is 136 Å². The second kappa shape index (κ2) is 7.96. The van der Waals surface area contributed by atoms with Gasteiger partial charge >= 0.3 is 0 Å². The summed E-state index contributed by atoms with van der Waals surface area (Å²) < 4.78 is 0. The number of benzene rings is 4. The molecule has 0 fully saturated rings. The normalized spacial score (nSPS) is 21.0. The molecular weight excluding hydrogens is 442 g/mol. The van der Waals surface area contributed by atoms with Crippen LogP contribution in [0.25, 0.3) is 0 Å². The molecule has 1 aliphatic carbocycles. The summed E-state index contributed by atoms with van der Waals surface area (Å²) in [7, 11) is 0. The molecule has 0 saturated carbocycles. The maximum Gasteiger partial charge on any atom is 0.243 e. The van der Waals surface area contributed by atoms with Crippen LogP contribution in [0, 0.1) is 0 Å². The Morgan fingerprint density at radius 3 is 2.24 bits per heavy atom. The van der Waals surface area contributed by atoms with Crippen LogP contribution in [-0.4, -0.2) is 11.7 Å². The Hall–Kier alpha value is -3.69. The van der Waals surface area contributed by atoms with Gasteiger partial charge in [-0.15, -0.1) is 0 Å². The number of fused-ring (bicyclic) bond motifs is 4. The number of amides is 1. The number of ketones is 1. The third kappa shape index (κ3) is 2.97. The van der Waals surface area contributed by atoms with Crippen LogP contribution in [0.15, 0.2) is 103 Å². The standard InChI is InChI=1S/C30H22ClNO2/c31-22-15-16-27-26(17-22)30(29(34)32(27)19-20-9-3-1-4-10-20)24-14-8-7-13-23(24)28(33)18-25(30)21-11-5-2-6-12-21/h1-17,25H,18-19H2/t25-,30+/m1/s1. The van der Waals surface area contributed by atoms with Gasteiger partial charge in [0.2, 0.25) is 5.91 Å². The van der Waals surface area contributed by atoms with Gasteiger partial charge in [0.1, 0.15) is 5.41 Å². The van der Waals surface area contributed by atoms with Crippen LogP contribution in [0.3, 0.4) is 0 Å². The molecule has 0 saturated heterocycles. The molecule has 34 heavy (non-hydrogen) atoms. The summed E-state index contributed by atoms with van der Waals surface area (Å²) in [5, 5.41) is 0.577. The Morgan fingerprint density at radius 2 is 1.47 bits per heavy atom. The zero-order valence-electron chi connectivity index (χ0n) is 18.4. The van der Waals surface area contributed by atoms with E-state index < -0.39 is 5.41 Å². The Balaban J connectivity index is 1.65. The number of carbonyl (C=O) groups is 2. The van der Waals surface area contributed by atoms with Gasteiger partial charge < -0.3 is 4.90 Å². The number of hydrogen-bond donors (Lipinski definition) is 0. The lowest BCUT2D eigenvalue weighted by molar-refractivity contribution is -0.122. The van der Waals surface area contributed by atoms with E-state index in [-0.39, 0.29) is 24.0 Å². The van der Waals surface area contributed by atoms with Gasteiger partial charge in [0.15, 0.2) is 5.78 Å². The highest BCUT2D eigenvalue weighted by molar-refractivity contribution is 6.31. The molecule has 4 aromatic carbocycles. The second-order valence-corrected chi connectivity index (χ2v) is 9.42. The molecule has 2 atom stereocenters. The molecule has 4 aromatic rings. The smallest absolute Gasteiger partial charge is 0.243 e. The molecule has 1 aliphatic heterocycles. The van der Waals surface area contributed by atoms with Crippen molar-refractivity contribution in [1.29, 1.82) is 0 Å². The zero-order valence-corrected chi connectivity index (χ0v) is 19.2. The first kappa shape index (κ1) is 20.9. The number of hydrogen-bond acceptors (Lipinski definition) is 2. The largest absolute Gasteiger partial charge is 0.307 e. The molecule has 0 unspecified atom stereocenters. The van der Waals surface area contributed by atoms with Crippen molar-refractivity contribution in [2.24, 2.45) is 0 Å². The first-order chi connectivity index (χ1) is 16.6. The lowest BCUT2D eigenvalue weighted by atomic mass is 9.58. The summed E-state index contributed by atoms with van der Waals surface area (Å²) in [5.74, 6) is -0.281. The summed E-state index contributed by atoms with van der Waals surface area (Å²) in [6.45, 7) is 0.452. The van der Waals surface area contributed by atoms with Gasteiger partial charge in [0.25, 0.3) is 0 Å². The van der Waals surface area contributed by atoms with Gasteiger partial charge in [0, 0.05) is 28.6 Å². The fraction of sp³-hybridized carbons (Fsp3) is 0.133. The summed E-state index contributed by atoms with van der Waals surface area (Å²) >= 11 is 6.53. The highest BCUT2D eigenvalue weighted by Crippen LogP contribution is 2.58. The minimum atomic E-state index is -1.03. The zero-order chi connectivity index (χ0) is 23.3. The SMILES string of the molecule is O=C1C[C@H](c2ccccc2)[C@@]2(C(=O)N(Cc3ccccc3)c3ccc(Cl)cc32)c2ccccc21. The van der Waals surface area contributed by atoms with E-state index in [1.165, 1.54) is 0 Å². The van der Waals surface area contributed by atoms with E-state index in [1.54, 1.807) is 0 Å². The number of carbonyl (C=O) groups excluding carboxylic acids is 2. The fourth-order valence-corrected chi connectivity index (χ4v) is 5.95. The van der Waals surface area contributed by atoms with Gasteiger partial charge in [-0.2, -0.15) is 0 Å². The first-order valence-corrected chi connectivity index (χ1v) is 11.8. The second-order valence-electron chi connectivity index (χ2n) is 8.98. The topological polar surface area (TPSA) is 37.4 Å². The maximum absolute atomic E-state index is 14.7. The molecule has 4 heteroatoms. The monoisotopic (exact) mass is 463 g/mol. The average molecular weight is 464 g/mol. The molecule has 0 bridgehead atoms. The minimum absolute atomic E-state index is 0.0116. The third-order valence-electron chi connectivity index (χ3n) is 7.21. The van der Waals surface area contributed by atoms with Crippen molar-refractivity contribution in [3.8, 4) is 0 Å². The van der Waals surface area contributed by atoms with E-state index in [4.69, 9.17) is 11.6 Å². The molecule has 1 spiro atoms. The van der Waals surface area contributed by atoms with Gasteiger partial charge in [-0.1, -0.05) is 96.5 Å². The van der Waals surface area contributed by atoms with Gasteiger partial charge in [-0.25, -0.2) is 0 Å². The quantitative estimate of drug-likeness (QED) is 0.346. The molecule has 3 nitrogen and oxygen atoms in total. The average Bonchev–Trinajstić information content (AvgIpc) is 3.10. The third-order valence-corrected chi connectivity index (χ3v) is 7.44. The van der Waals surface area contributed by atoms with Crippen LogP contribution in [0.5, 0.6) is 0 Å². The van der Waals surface area contributed by atoms with E-state index in [9.17, 15) is 9.59 Å². The lowest BCUT2D eigenvalue weighted by Gasteiger charge is -2.41. The number of Topliss-reactive ketones (excluding diaryl/α,β-unsaturated/α-hetero) is 1. The van der Waals surface area contributed by atoms with Crippen LogP contribution < -0.4 is 4.90 Å². The maximum atomic E-state index is 14.7. The van der Waals surface area contributed by atoms with E-state index in [1.807, 2.05) is 108 Å². The van der Waals surface area contributed by atoms with Gasteiger partial charge in [0.05, 0.1) is 6.54 Å². The van der Waals surface area contributed by atoms with E-state index in [2.05, 4.69) is 0 Å². The molecule has 166 valence electrons. The van der Waals surface area contributed by atoms with Crippen LogP contribution in [0.4, 0.5) is 5.69 Å². The number of rotatable bonds is 3. The van der Waals surface area contributed by atoms with Crippen molar-refractivity contribution >= 4 is 29.0 Å². The van der Waals surface area contributed by atoms with Gasteiger partial charge in [-0.05, 0) is 40.5 Å². The number of nitrogens with zero attached hydrogens (tertiary/aromatic N) is 1. The first-order valence-electron chi connectivity index (χ1n) is 11.4. The van der Waals surface area contributed by atoms with Crippen LogP contribution in [-0.2, 0) is 16.8 Å². The molecular formula is C30H22ClNO2. The Bertz CT molecular complexity index is 1420. The van der Waals surface area contributed by atoms with Crippen molar-refractivity contribution in [3.63, 3.8) is 0 Å². The van der Waals surface area contributed by atoms with Crippen molar-refractivity contribution < 1.29 is 9.59 Å². The van der Waals surface area contributed by atoms with Crippen molar-refractivity contribution in [2.45, 2.75) is 24.3 Å². The Labute approximate surface area is 203 Å². The summed E-state index contributed by atoms with van der Waals surface area (Å²) in [6.07, 6.45) is 0.262. The summed E-state index contributed by atoms with van der Waals surface area (Å²) in [4.78, 5) is 29.9. The highest BCUT2D eigenvalue weighted by Gasteiger charge is 2.60. The van der Waals surface area contributed by atoms with Crippen LogP contribution in [0.1, 0.15) is 45.0 Å². The molecule has 6 rings (SSSR count). The van der Waals surface area contributed by atoms with E-state index in [0.717, 1.165) is 27.9 Å². The van der Waals surface area contributed by atoms with Crippen molar-refractivity contribution in [2.75, 3.05) is 4.90 Å². The highest BCUT2D eigenvalue weighted by atomic mass is 35.5. The summed E-state index contributed by atoms with van der Waals surface area (Å²) in [6, 6.07) is 33.2. The van der Waals surface area contributed by atoms with E-state index >= 15 is 0 Å². The molecule has 1 heterocycles. The Morgan fingerprint density at radius 1 is 0.794 bits per heavy atom. The molecule has 0 aromatic heterocycles.